The van der Waals surface area contributed by atoms with E-state index in [1.807, 2.05) is 0 Å². The van der Waals surface area contributed by atoms with Crippen LogP contribution < -0.4 is 14.9 Å². The maximum absolute atomic E-state index is 15.1. The number of likely N-dealkylation sites (N-methyl/N-ethyl adjacent to an activating group) is 2. The first-order chi connectivity index (χ1) is 24.2. The molecular weight excluding hydrogens is 690 g/mol. The van der Waals surface area contributed by atoms with Gasteiger partial charge in [0.05, 0.1) is 22.6 Å². The highest BCUT2D eigenvalue weighted by atomic mass is 32.2. The number of carbonyl (C=O) groups excluding carboxylic acids is 3. The van der Waals surface area contributed by atoms with E-state index in [1.165, 1.54) is 79.2 Å². The number of rotatable bonds is 10. The second-order valence-corrected chi connectivity index (χ2v) is 13.3. The van der Waals surface area contributed by atoms with Gasteiger partial charge in [-0.1, -0.05) is 12.1 Å². The molecule has 18 heteroatoms. The molecule has 2 aliphatic heterocycles. The maximum atomic E-state index is 15.1. The van der Waals surface area contributed by atoms with Gasteiger partial charge in [0.15, 0.2) is 18.0 Å². The summed E-state index contributed by atoms with van der Waals surface area (Å²) in [4.78, 5) is 67.2. The Morgan fingerprint density at radius 3 is 2.20 bits per heavy atom. The summed E-state index contributed by atoms with van der Waals surface area (Å²) in [6.07, 6.45) is 3.51. The van der Waals surface area contributed by atoms with Crippen molar-refractivity contribution < 1.29 is 41.5 Å². The summed E-state index contributed by atoms with van der Waals surface area (Å²) in [5.41, 5.74) is -0.550. The lowest BCUT2D eigenvalue weighted by molar-refractivity contribution is -0.139. The lowest BCUT2D eigenvalue weighted by atomic mass is 10.0. The van der Waals surface area contributed by atoms with Crippen LogP contribution in [0, 0.1) is 11.6 Å². The zero-order valence-corrected chi connectivity index (χ0v) is 27.6. The monoisotopic (exact) mass is 718 g/mol. The molecule has 2 unspecified atom stereocenters. The number of anilines is 2. The molecule has 3 aromatic carbocycles. The fourth-order valence-electron chi connectivity index (χ4n) is 5.63. The van der Waals surface area contributed by atoms with E-state index >= 15 is 8.78 Å². The Bertz CT molecular complexity index is 2150. The number of halogens is 2. The molecule has 1 saturated heterocycles. The predicted molar refractivity (Wildman–Crippen MR) is 178 cm³/mol. The molecule has 1 fully saturated rings. The SMILES string of the molecule is CN1C=NC2C1C(=O)N(c1ccc(C[C@H](NC(=O)c3c(F)cc(NS(=O)(=O)c4ccc(-c5ncccn5)cc4)cc3F)C(=O)O)cc1)C(=O)N2C. The lowest BCUT2D eigenvalue weighted by Gasteiger charge is -2.40. The number of aromatic nitrogens is 2. The lowest BCUT2D eigenvalue weighted by Crippen LogP contribution is -2.64. The zero-order chi connectivity index (χ0) is 36.6. The topological polar surface area (TPSA) is 195 Å². The van der Waals surface area contributed by atoms with Gasteiger partial charge < -0.3 is 20.2 Å². The van der Waals surface area contributed by atoms with Crippen molar-refractivity contribution in [3.8, 4) is 11.4 Å². The van der Waals surface area contributed by atoms with Crippen LogP contribution in [0.5, 0.6) is 0 Å². The van der Waals surface area contributed by atoms with Crippen LogP contribution >= 0.6 is 0 Å². The van der Waals surface area contributed by atoms with Gasteiger partial charge in [0.2, 0.25) is 0 Å². The Labute approximate surface area is 289 Å². The van der Waals surface area contributed by atoms with Crippen LogP contribution in [0.1, 0.15) is 15.9 Å². The number of hydrogen-bond donors (Lipinski definition) is 3. The molecule has 4 aromatic rings. The zero-order valence-electron chi connectivity index (χ0n) is 26.8. The van der Waals surface area contributed by atoms with E-state index in [9.17, 15) is 32.7 Å². The molecule has 51 heavy (non-hydrogen) atoms. The number of urea groups is 1. The van der Waals surface area contributed by atoms with Gasteiger partial charge in [-0.3, -0.25) is 14.3 Å². The van der Waals surface area contributed by atoms with E-state index < -0.39 is 75.0 Å². The largest absolute Gasteiger partial charge is 0.480 e. The van der Waals surface area contributed by atoms with Crippen LogP contribution in [0.3, 0.4) is 0 Å². The van der Waals surface area contributed by atoms with Gasteiger partial charge in [-0.15, -0.1) is 0 Å². The van der Waals surface area contributed by atoms with Crippen molar-refractivity contribution in [2.24, 2.45) is 4.99 Å². The standard InChI is InChI=1S/C33H28F2N8O7S/c1-41-17-38-29-27(41)31(45)43(33(48)42(29)2)21-8-4-18(5-9-21)14-25(32(46)47)39-30(44)26-23(34)15-20(16-24(26)35)40-51(49,50)22-10-6-19(7-11-22)28-36-12-3-13-37-28/h3-13,15-17,25,27,29,40H,14H2,1-2H3,(H,39,44)(H,46,47)/t25-,27?,29?/m0/s1. The van der Waals surface area contributed by atoms with Crippen molar-refractivity contribution in [1.29, 1.82) is 0 Å². The Balaban J connectivity index is 1.13. The van der Waals surface area contributed by atoms with E-state index in [2.05, 4.69) is 25.0 Å². The molecule has 3 atom stereocenters. The van der Waals surface area contributed by atoms with E-state index in [1.54, 1.807) is 18.0 Å². The first-order valence-electron chi connectivity index (χ1n) is 15.1. The summed E-state index contributed by atoms with van der Waals surface area (Å²) in [5.74, 6) is -5.94. The summed E-state index contributed by atoms with van der Waals surface area (Å²) in [6.45, 7) is 0. The molecule has 15 nitrogen and oxygen atoms in total. The van der Waals surface area contributed by atoms with Crippen LogP contribution in [0.25, 0.3) is 11.4 Å². The van der Waals surface area contributed by atoms with E-state index in [-0.39, 0.29) is 17.0 Å². The summed E-state index contributed by atoms with van der Waals surface area (Å²) in [6, 6.07) is 11.0. The number of carbonyl (C=O) groups is 4. The van der Waals surface area contributed by atoms with E-state index in [0.29, 0.717) is 29.1 Å². The van der Waals surface area contributed by atoms with Gasteiger partial charge >= 0.3 is 12.0 Å². The number of hydrogen-bond acceptors (Lipinski definition) is 10. The molecule has 3 N–H and O–H groups in total. The minimum atomic E-state index is -4.32. The Morgan fingerprint density at radius 1 is 0.961 bits per heavy atom. The molecule has 262 valence electrons. The third-order valence-corrected chi connectivity index (χ3v) is 9.63. The number of benzene rings is 3. The van der Waals surface area contributed by atoms with Crippen molar-refractivity contribution in [3.05, 3.63) is 102 Å². The number of nitrogens with one attached hydrogen (secondary N) is 2. The number of fused-ring (bicyclic) bond motifs is 1. The molecule has 0 radical (unpaired) electrons. The minimum Gasteiger partial charge on any atom is -0.480 e. The summed E-state index contributed by atoms with van der Waals surface area (Å²) in [5, 5.41) is 11.9. The Kier molecular flexibility index (Phi) is 9.18. The van der Waals surface area contributed by atoms with Crippen LogP contribution in [0.4, 0.5) is 25.0 Å². The quantitative estimate of drug-likeness (QED) is 0.220. The van der Waals surface area contributed by atoms with Gasteiger partial charge in [-0.2, -0.15) is 0 Å². The summed E-state index contributed by atoms with van der Waals surface area (Å²) < 4.78 is 58.1. The molecule has 0 aliphatic carbocycles. The maximum Gasteiger partial charge on any atom is 0.332 e. The molecular formula is C33H28F2N8O7S. The van der Waals surface area contributed by atoms with Gasteiger partial charge in [-0.25, -0.2) is 46.6 Å². The van der Waals surface area contributed by atoms with E-state index in [0.717, 1.165) is 4.90 Å². The van der Waals surface area contributed by atoms with Crippen LogP contribution in [0.2, 0.25) is 0 Å². The van der Waals surface area contributed by atoms with Gasteiger partial charge in [0, 0.05) is 38.5 Å². The number of sulfonamides is 1. The molecule has 0 spiro atoms. The smallest absolute Gasteiger partial charge is 0.332 e. The van der Waals surface area contributed by atoms with Crippen molar-refractivity contribution in [2.45, 2.75) is 29.6 Å². The molecule has 2 aliphatic rings. The molecule has 0 saturated carbocycles. The van der Waals surface area contributed by atoms with E-state index in [4.69, 9.17) is 0 Å². The summed E-state index contributed by atoms with van der Waals surface area (Å²) in [7, 11) is -1.14. The van der Waals surface area contributed by atoms with Crippen LogP contribution in [0.15, 0.2) is 89.0 Å². The third-order valence-electron chi connectivity index (χ3n) is 8.23. The molecule has 0 bridgehead atoms. The second-order valence-electron chi connectivity index (χ2n) is 11.6. The first-order valence-corrected chi connectivity index (χ1v) is 16.6. The average molecular weight is 719 g/mol. The molecule has 4 amide bonds. The molecule has 3 heterocycles. The number of imide groups is 1. The fraction of sp³-hybridized carbons (Fsp3) is 0.182. The first kappa shape index (κ1) is 34.6. The van der Waals surface area contributed by atoms with Crippen molar-refractivity contribution in [1.82, 2.24) is 25.1 Å². The minimum absolute atomic E-state index is 0.217. The Morgan fingerprint density at radius 2 is 1.59 bits per heavy atom. The highest BCUT2D eigenvalue weighted by molar-refractivity contribution is 7.92. The highest BCUT2D eigenvalue weighted by Gasteiger charge is 2.49. The molecule has 6 rings (SSSR count). The normalized spacial score (nSPS) is 17.7. The Hall–Kier alpha value is -6.30. The average Bonchev–Trinajstić information content (AvgIpc) is 3.49. The number of amides is 4. The highest BCUT2D eigenvalue weighted by Crippen LogP contribution is 2.29. The third kappa shape index (κ3) is 6.80. The number of nitrogens with zero attached hydrogens (tertiary/aromatic N) is 6. The van der Waals surface area contributed by atoms with Gasteiger partial charge in [0.25, 0.3) is 21.8 Å². The number of aliphatic carboxylic acids is 1. The summed E-state index contributed by atoms with van der Waals surface area (Å²) >= 11 is 0. The number of aliphatic imine (C=N–C) groups is 1. The van der Waals surface area contributed by atoms with Crippen molar-refractivity contribution >= 4 is 51.6 Å². The van der Waals surface area contributed by atoms with Crippen LogP contribution in [-0.2, 0) is 26.0 Å². The number of carboxylic acid groups (broad SMARTS) is 1. The predicted octanol–water partition coefficient (Wildman–Crippen LogP) is 2.72. The van der Waals surface area contributed by atoms with Gasteiger partial charge in [-0.05, 0) is 60.2 Å². The molecule has 1 aromatic heterocycles. The second kappa shape index (κ2) is 13.5. The van der Waals surface area contributed by atoms with Crippen molar-refractivity contribution in [3.63, 3.8) is 0 Å². The van der Waals surface area contributed by atoms with Gasteiger partial charge in [0.1, 0.15) is 23.2 Å². The fourth-order valence-corrected chi connectivity index (χ4v) is 6.67. The number of carboxylic acids is 1. The van der Waals surface area contributed by atoms with Crippen molar-refractivity contribution in [2.75, 3.05) is 23.7 Å². The van der Waals surface area contributed by atoms with Crippen LogP contribution in [-0.4, -0.2) is 95.8 Å².